The summed E-state index contributed by atoms with van der Waals surface area (Å²) < 4.78 is 30.1. The van der Waals surface area contributed by atoms with Crippen LogP contribution in [0.2, 0.25) is 0 Å². The first-order valence-electron chi connectivity index (χ1n) is 3.98. The van der Waals surface area contributed by atoms with Crippen molar-refractivity contribution in [3.63, 3.8) is 0 Å². The van der Waals surface area contributed by atoms with Crippen molar-refractivity contribution < 1.29 is 18.2 Å². The molecular formula is C7H15O4S-. The molecule has 0 aromatic heterocycles. The van der Waals surface area contributed by atoms with E-state index in [1.807, 2.05) is 6.92 Å². The van der Waals surface area contributed by atoms with Crippen LogP contribution in [0.5, 0.6) is 0 Å². The quantitative estimate of drug-likeness (QED) is 0.413. The van der Waals surface area contributed by atoms with E-state index >= 15 is 0 Å². The van der Waals surface area contributed by atoms with Gasteiger partial charge < -0.3 is 14.0 Å². The molecule has 0 spiro atoms. The maximum Gasteiger partial charge on any atom is 0.0700 e. The van der Waals surface area contributed by atoms with Crippen LogP contribution in [-0.4, -0.2) is 40.9 Å². The number of hydrogen-bond acceptors (Lipinski definition) is 4. The van der Waals surface area contributed by atoms with Crippen LogP contribution in [0.15, 0.2) is 0 Å². The molecule has 1 atom stereocenters. The van der Waals surface area contributed by atoms with E-state index in [1.165, 1.54) is 0 Å². The van der Waals surface area contributed by atoms with Crippen LogP contribution in [0, 0.1) is 0 Å². The van der Waals surface area contributed by atoms with E-state index in [0.717, 1.165) is 13.0 Å². The van der Waals surface area contributed by atoms with Gasteiger partial charge in [0.05, 0.1) is 19.8 Å². The highest BCUT2D eigenvalue weighted by Gasteiger charge is 1.88. The zero-order valence-corrected chi connectivity index (χ0v) is 8.10. The van der Waals surface area contributed by atoms with Gasteiger partial charge in [0.1, 0.15) is 0 Å². The van der Waals surface area contributed by atoms with E-state index in [2.05, 4.69) is 0 Å². The number of ether oxygens (including phenoxy) is 2. The second kappa shape index (κ2) is 9.12. The first-order valence-corrected chi connectivity index (χ1v) is 5.23. The Morgan fingerprint density at radius 1 is 1.17 bits per heavy atom. The highest BCUT2D eigenvalue weighted by Crippen LogP contribution is 1.82. The van der Waals surface area contributed by atoms with Gasteiger partial charge in [-0.2, -0.15) is 0 Å². The summed E-state index contributed by atoms with van der Waals surface area (Å²) in [5.74, 6) is 0.0633. The predicted molar refractivity (Wildman–Crippen MR) is 45.7 cm³/mol. The first kappa shape index (κ1) is 12.0. The van der Waals surface area contributed by atoms with Gasteiger partial charge >= 0.3 is 0 Å². The van der Waals surface area contributed by atoms with E-state index < -0.39 is 11.1 Å². The van der Waals surface area contributed by atoms with Crippen LogP contribution < -0.4 is 0 Å². The van der Waals surface area contributed by atoms with E-state index in [0.29, 0.717) is 13.2 Å². The molecule has 0 aromatic carbocycles. The lowest BCUT2D eigenvalue weighted by Crippen LogP contribution is -2.10. The largest absolute Gasteiger partial charge is 0.772 e. The summed E-state index contributed by atoms with van der Waals surface area (Å²) in [5.41, 5.74) is 0. The molecular weight excluding hydrogens is 180 g/mol. The van der Waals surface area contributed by atoms with Crippen LogP contribution in [0.3, 0.4) is 0 Å². The average molecular weight is 195 g/mol. The summed E-state index contributed by atoms with van der Waals surface area (Å²) in [6.07, 6.45) is 0.991. The molecule has 0 aliphatic carbocycles. The minimum Gasteiger partial charge on any atom is -0.772 e. The SMILES string of the molecule is CCCOCCOCCS(=O)[O-]. The van der Waals surface area contributed by atoms with Crippen LogP contribution in [0.25, 0.3) is 0 Å². The van der Waals surface area contributed by atoms with Crippen molar-refractivity contribution in [2.24, 2.45) is 0 Å². The second-order valence-corrected chi connectivity index (χ2v) is 3.25. The minimum atomic E-state index is -1.99. The third kappa shape index (κ3) is 10.0. The van der Waals surface area contributed by atoms with E-state index in [1.54, 1.807) is 0 Å². The molecule has 0 fully saturated rings. The Hall–Kier alpha value is 0.0300. The molecule has 0 aromatic rings. The van der Waals surface area contributed by atoms with Gasteiger partial charge in [0.2, 0.25) is 0 Å². The van der Waals surface area contributed by atoms with Crippen molar-refractivity contribution in [1.29, 1.82) is 0 Å². The highest BCUT2D eigenvalue weighted by molar-refractivity contribution is 7.79. The molecule has 0 rings (SSSR count). The summed E-state index contributed by atoms with van der Waals surface area (Å²) >= 11 is -1.99. The molecule has 1 unspecified atom stereocenters. The summed E-state index contributed by atoms with van der Waals surface area (Å²) in [6.45, 7) is 4.03. The molecule has 5 heteroatoms. The van der Waals surface area contributed by atoms with Gasteiger partial charge in [0, 0.05) is 12.4 Å². The average Bonchev–Trinajstić information content (AvgIpc) is 2.02. The summed E-state index contributed by atoms with van der Waals surface area (Å²) in [6, 6.07) is 0. The molecule has 0 saturated heterocycles. The molecule has 0 bridgehead atoms. The van der Waals surface area contributed by atoms with Crippen LogP contribution in [-0.2, 0) is 20.6 Å². The van der Waals surface area contributed by atoms with Crippen LogP contribution in [0.4, 0.5) is 0 Å². The smallest absolute Gasteiger partial charge is 0.0700 e. The van der Waals surface area contributed by atoms with Crippen molar-refractivity contribution in [1.82, 2.24) is 0 Å². The standard InChI is InChI=1S/C7H16O4S/c1-2-3-10-4-5-11-6-7-12(8)9/h2-7H2,1H3,(H,8,9)/p-1. The van der Waals surface area contributed by atoms with Crippen molar-refractivity contribution in [3.05, 3.63) is 0 Å². The second-order valence-electron chi connectivity index (χ2n) is 2.23. The third-order valence-corrected chi connectivity index (χ3v) is 1.61. The molecule has 0 saturated carbocycles. The molecule has 74 valence electrons. The number of hydrogen-bond donors (Lipinski definition) is 0. The van der Waals surface area contributed by atoms with E-state index in [9.17, 15) is 8.76 Å². The number of rotatable bonds is 8. The lowest BCUT2D eigenvalue weighted by atomic mass is 10.5. The van der Waals surface area contributed by atoms with Gasteiger partial charge in [-0.25, -0.2) is 0 Å². The molecule has 0 heterocycles. The molecule has 0 N–H and O–H groups in total. The maximum absolute atomic E-state index is 10.0. The van der Waals surface area contributed by atoms with Gasteiger partial charge in [-0.05, 0) is 6.42 Å². The first-order chi connectivity index (χ1) is 5.77. The summed E-state index contributed by atoms with van der Waals surface area (Å²) in [7, 11) is 0. The summed E-state index contributed by atoms with van der Waals surface area (Å²) in [4.78, 5) is 0. The lowest BCUT2D eigenvalue weighted by Gasteiger charge is -2.06. The van der Waals surface area contributed by atoms with E-state index in [-0.39, 0.29) is 12.4 Å². The fraction of sp³-hybridized carbons (Fsp3) is 1.00. The van der Waals surface area contributed by atoms with E-state index in [4.69, 9.17) is 9.47 Å². The van der Waals surface area contributed by atoms with Crippen LogP contribution in [0.1, 0.15) is 13.3 Å². The van der Waals surface area contributed by atoms with Gasteiger partial charge in [-0.3, -0.25) is 4.21 Å². The van der Waals surface area contributed by atoms with Crippen LogP contribution >= 0.6 is 0 Å². The Morgan fingerprint density at radius 3 is 2.25 bits per heavy atom. The fourth-order valence-corrected chi connectivity index (χ4v) is 0.847. The van der Waals surface area contributed by atoms with Crippen molar-refractivity contribution in [2.75, 3.05) is 32.2 Å². The molecule has 0 aliphatic heterocycles. The zero-order valence-electron chi connectivity index (χ0n) is 7.28. The zero-order chi connectivity index (χ0) is 9.23. The Balaban J connectivity index is 2.86. The third-order valence-electron chi connectivity index (χ3n) is 1.11. The van der Waals surface area contributed by atoms with Gasteiger partial charge in [-0.15, -0.1) is 0 Å². The Bertz CT molecular complexity index is 118. The monoisotopic (exact) mass is 195 g/mol. The molecule has 0 amide bonds. The maximum atomic E-state index is 10.0. The Labute approximate surface area is 75.5 Å². The van der Waals surface area contributed by atoms with Gasteiger partial charge in [0.15, 0.2) is 0 Å². The lowest BCUT2D eigenvalue weighted by molar-refractivity contribution is 0.0537. The highest BCUT2D eigenvalue weighted by atomic mass is 32.2. The molecule has 0 radical (unpaired) electrons. The molecule has 0 aliphatic rings. The topological polar surface area (TPSA) is 58.6 Å². The predicted octanol–water partition coefficient (Wildman–Crippen LogP) is 0.309. The van der Waals surface area contributed by atoms with Gasteiger partial charge in [0.25, 0.3) is 0 Å². The van der Waals surface area contributed by atoms with Gasteiger partial charge in [-0.1, -0.05) is 18.0 Å². The Kier molecular flexibility index (Phi) is 9.14. The normalized spacial score (nSPS) is 13.2. The van der Waals surface area contributed by atoms with Crippen molar-refractivity contribution in [2.45, 2.75) is 13.3 Å². The molecule has 4 nitrogen and oxygen atoms in total. The fourth-order valence-electron chi connectivity index (χ4n) is 0.593. The Morgan fingerprint density at radius 2 is 1.75 bits per heavy atom. The van der Waals surface area contributed by atoms with Crippen molar-refractivity contribution in [3.8, 4) is 0 Å². The minimum absolute atomic E-state index is 0.0633. The summed E-state index contributed by atoms with van der Waals surface area (Å²) in [5, 5.41) is 0. The molecule has 12 heavy (non-hydrogen) atoms. The van der Waals surface area contributed by atoms with Crippen molar-refractivity contribution >= 4 is 11.1 Å².